The Morgan fingerprint density at radius 1 is 1.28 bits per heavy atom. The van der Waals surface area contributed by atoms with Crippen LogP contribution in [0.25, 0.3) is 0 Å². The van der Waals surface area contributed by atoms with E-state index in [1.165, 1.54) is 0 Å². The SMILES string of the molecule is Cc1ccccc1NC(=S)NC(=O)C1CCCC1. The summed E-state index contributed by atoms with van der Waals surface area (Å²) in [5, 5.41) is 6.23. The first-order valence-electron chi connectivity index (χ1n) is 6.34. The summed E-state index contributed by atoms with van der Waals surface area (Å²) >= 11 is 5.16. The predicted octanol–water partition coefficient (Wildman–Crippen LogP) is 3.00. The van der Waals surface area contributed by atoms with E-state index in [0.29, 0.717) is 5.11 Å². The second-order valence-corrected chi connectivity index (χ2v) is 5.15. The third-order valence-corrected chi connectivity index (χ3v) is 3.56. The number of benzene rings is 1. The number of rotatable bonds is 2. The summed E-state index contributed by atoms with van der Waals surface area (Å²) in [6, 6.07) is 7.87. The van der Waals surface area contributed by atoms with Crippen LogP contribution < -0.4 is 10.6 Å². The second-order valence-electron chi connectivity index (χ2n) is 4.74. The molecule has 0 saturated heterocycles. The van der Waals surface area contributed by atoms with E-state index in [4.69, 9.17) is 12.2 Å². The summed E-state index contributed by atoms with van der Waals surface area (Å²) in [4.78, 5) is 11.9. The lowest BCUT2D eigenvalue weighted by molar-refractivity contribution is -0.123. The van der Waals surface area contributed by atoms with E-state index in [0.717, 1.165) is 36.9 Å². The number of carbonyl (C=O) groups excluding carboxylic acids is 1. The Bertz CT molecular complexity index is 453. The average Bonchev–Trinajstić information content (AvgIpc) is 2.85. The van der Waals surface area contributed by atoms with Crippen molar-refractivity contribution in [2.24, 2.45) is 5.92 Å². The van der Waals surface area contributed by atoms with Crippen molar-refractivity contribution in [2.75, 3.05) is 5.32 Å². The maximum Gasteiger partial charge on any atom is 0.229 e. The molecule has 0 aromatic heterocycles. The molecule has 0 aliphatic heterocycles. The molecule has 1 aromatic rings. The summed E-state index contributed by atoms with van der Waals surface area (Å²) in [6.45, 7) is 2.00. The summed E-state index contributed by atoms with van der Waals surface area (Å²) < 4.78 is 0. The minimum absolute atomic E-state index is 0.0542. The van der Waals surface area contributed by atoms with Gasteiger partial charge in [-0.2, -0.15) is 0 Å². The fraction of sp³-hybridized carbons (Fsp3) is 0.429. The zero-order chi connectivity index (χ0) is 13.0. The third kappa shape index (κ3) is 3.29. The van der Waals surface area contributed by atoms with Crippen LogP contribution >= 0.6 is 12.2 Å². The minimum atomic E-state index is 0.0542. The molecule has 2 rings (SSSR count). The van der Waals surface area contributed by atoms with Crippen molar-refractivity contribution in [1.29, 1.82) is 0 Å². The van der Waals surface area contributed by atoms with E-state index >= 15 is 0 Å². The fourth-order valence-corrected chi connectivity index (χ4v) is 2.48. The fourth-order valence-electron chi connectivity index (χ4n) is 2.27. The van der Waals surface area contributed by atoms with Gasteiger partial charge < -0.3 is 10.6 Å². The lowest BCUT2D eigenvalue weighted by atomic mass is 10.1. The van der Waals surface area contributed by atoms with Gasteiger partial charge in [0.1, 0.15) is 0 Å². The number of hydrogen-bond donors (Lipinski definition) is 2. The molecule has 1 fully saturated rings. The molecular weight excluding hydrogens is 244 g/mol. The number of thiocarbonyl (C=S) groups is 1. The van der Waals surface area contributed by atoms with Gasteiger partial charge in [0, 0.05) is 11.6 Å². The van der Waals surface area contributed by atoms with Gasteiger partial charge >= 0.3 is 0 Å². The van der Waals surface area contributed by atoms with Crippen LogP contribution in [0.3, 0.4) is 0 Å². The Morgan fingerprint density at radius 2 is 1.94 bits per heavy atom. The van der Waals surface area contributed by atoms with E-state index in [9.17, 15) is 4.79 Å². The normalized spacial score (nSPS) is 15.4. The third-order valence-electron chi connectivity index (χ3n) is 3.36. The standard InChI is InChI=1S/C14H18N2OS/c1-10-6-2-5-9-12(10)15-14(18)16-13(17)11-7-3-4-8-11/h2,5-6,9,11H,3-4,7-8H2,1H3,(H2,15,16,17,18). The van der Waals surface area contributed by atoms with Gasteiger partial charge in [-0.05, 0) is 43.6 Å². The monoisotopic (exact) mass is 262 g/mol. The summed E-state index contributed by atoms with van der Waals surface area (Å²) in [5.41, 5.74) is 2.05. The van der Waals surface area contributed by atoms with Crippen LogP contribution in [0.1, 0.15) is 31.2 Å². The maximum atomic E-state index is 11.9. The molecule has 1 saturated carbocycles. The quantitative estimate of drug-likeness (QED) is 0.805. The van der Waals surface area contributed by atoms with Crippen molar-refractivity contribution in [3.63, 3.8) is 0 Å². The number of para-hydroxylation sites is 1. The molecule has 1 amide bonds. The molecule has 0 bridgehead atoms. The van der Waals surface area contributed by atoms with E-state index in [2.05, 4.69) is 10.6 Å². The smallest absolute Gasteiger partial charge is 0.229 e. The molecule has 18 heavy (non-hydrogen) atoms. The van der Waals surface area contributed by atoms with Gasteiger partial charge in [-0.25, -0.2) is 0 Å². The predicted molar refractivity (Wildman–Crippen MR) is 77.5 cm³/mol. The molecule has 96 valence electrons. The highest BCUT2D eigenvalue weighted by molar-refractivity contribution is 7.80. The number of carbonyl (C=O) groups is 1. The van der Waals surface area contributed by atoms with Crippen LogP contribution in [-0.4, -0.2) is 11.0 Å². The van der Waals surface area contributed by atoms with Crippen LogP contribution in [0.2, 0.25) is 0 Å². The highest BCUT2D eigenvalue weighted by Gasteiger charge is 2.23. The number of anilines is 1. The van der Waals surface area contributed by atoms with Crippen LogP contribution in [-0.2, 0) is 4.79 Å². The molecule has 0 radical (unpaired) electrons. The van der Waals surface area contributed by atoms with Crippen molar-refractivity contribution < 1.29 is 4.79 Å². The van der Waals surface area contributed by atoms with Crippen molar-refractivity contribution in [3.05, 3.63) is 29.8 Å². The molecule has 4 heteroatoms. The van der Waals surface area contributed by atoms with Crippen molar-refractivity contribution >= 4 is 28.9 Å². The van der Waals surface area contributed by atoms with Crippen LogP contribution in [0.15, 0.2) is 24.3 Å². The highest BCUT2D eigenvalue weighted by Crippen LogP contribution is 2.24. The van der Waals surface area contributed by atoms with Crippen molar-refractivity contribution in [1.82, 2.24) is 5.32 Å². The number of nitrogens with one attached hydrogen (secondary N) is 2. The Morgan fingerprint density at radius 3 is 2.61 bits per heavy atom. The van der Waals surface area contributed by atoms with E-state index in [1.807, 2.05) is 31.2 Å². The highest BCUT2D eigenvalue weighted by atomic mass is 32.1. The minimum Gasteiger partial charge on any atom is -0.332 e. The first-order chi connectivity index (χ1) is 8.66. The number of aryl methyl sites for hydroxylation is 1. The zero-order valence-corrected chi connectivity index (χ0v) is 11.3. The van der Waals surface area contributed by atoms with Gasteiger partial charge in [-0.1, -0.05) is 31.0 Å². The topological polar surface area (TPSA) is 41.1 Å². The molecular formula is C14H18N2OS. The Labute approximate surface area is 113 Å². The zero-order valence-electron chi connectivity index (χ0n) is 10.5. The van der Waals surface area contributed by atoms with Gasteiger partial charge in [0.25, 0.3) is 0 Å². The number of hydrogen-bond acceptors (Lipinski definition) is 2. The molecule has 1 aliphatic carbocycles. The first kappa shape index (κ1) is 13.0. The van der Waals surface area contributed by atoms with E-state index in [-0.39, 0.29) is 11.8 Å². The molecule has 1 aromatic carbocycles. The van der Waals surface area contributed by atoms with Gasteiger partial charge in [0.15, 0.2) is 5.11 Å². The Balaban J connectivity index is 1.89. The van der Waals surface area contributed by atoms with Crippen molar-refractivity contribution in [3.8, 4) is 0 Å². The Kier molecular flexibility index (Phi) is 4.31. The molecule has 0 spiro atoms. The molecule has 0 heterocycles. The number of amides is 1. The van der Waals surface area contributed by atoms with Crippen LogP contribution in [0.5, 0.6) is 0 Å². The van der Waals surface area contributed by atoms with Gasteiger partial charge in [-0.3, -0.25) is 4.79 Å². The Hall–Kier alpha value is -1.42. The summed E-state index contributed by atoms with van der Waals surface area (Å²) in [5.74, 6) is 0.195. The van der Waals surface area contributed by atoms with Gasteiger partial charge in [0.05, 0.1) is 0 Å². The second kappa shape index (κ2) is 5.96. The first-order valence-corrected chi connectivity index (χ1v) is 6.75. The molecule has 1 aliphatic rings. The van der Waals surface area contributed by atoms with Gasteiger partial charge in [-0.15, -0.1) is 0 Å². The lowest BCUT2D eigenvalue weighted by Gasteiger charge is -2.13. The molecule has 0 unspecified atom stereocenters. The molecule has 3 nitrogen and oxygen atoms in total. The summed E-state index contributed by atoms with van der Waals surface area (Å²) in [7, 11) is 0. The molecule has 0 atom stereocenters. The maximum absolute atomic E-state index is 11.9. The molecule has 2 N–H and O–H groups in total. The summed E-state index contributed by atoms with van der Waals surface area (Å²) in [6.07, 6.45) is 4.27. The van der Waals surface area contributed by atoms with E-state index < -0.39 is 0 Å². The van der Waals surface area contributed by atoms with E-state index in [1.54, 1.807) is 0 Å². The van der Waals surface area contributed by atoms with Crippen LogP contribution in [0.4, 0.5) is 5.69 Å². The van der Waals surface area contributed by atoms with Crippen molar-refractivity contribution in [2.45, 2.75) is 32.6 Å². The lowest BCUT2D eigenvalue weighted by Crippen LogP contribution is -2.37. The average molecular weight is 262 g/mol. The van der Waals surface area contributed by atoms with Crippen LogP contribution in [0, 0.1) is 12.8 Å². The largest absolute Gasteiger partial charge is 0.332 e. The van der Waals surface area contributed by atoms with Gasteiger partial charge in [0.2, 0.25) is 5.91 Å².